The molecule has 0 aliphatic rings. The predicted octanol–water partition coefficient (Wildman–Crippen LogP) is 4.45. The molecule has 30 heavy (non-hydrogen) atoms. The normalized spacial score (nSPS) is 10.7. The fraction of sp³-hybridized carbons (Fsp3) is 0.120. The van der Waals surface area contributed by atoms with Crippen molar-refractivity contribution in [1.29, 1.82) is 0 Å². The van der Waals surface area contributed by atoms with Crippen LogP contribution in [0.4, 0.5) is 5.69 Å². The van der Waals surface area contributed by atoms with Gasteiger partial charge in [-0.1, -0.05) is 18.2 Å². The average molecular weight is 394 g/mol. The number of nitrogens with zero attached hydrogens (tertiary/aromatic N) is 3. The quantitative estimate of drug-likeness (QED) is 0.386. The van der Waals surface area contributed by atoms with E-state index in [9.17, 15) is 4.79 Å². The number of hydrogen-bond acceptors (Lipinski definition) is 5. The molecule has 2 N–H and O–H groups in total. The molecule has 2 heterocycles. The number of hydrogen-bond donors (Lipinski definition) is 1. The van der Waals surface area contributed by atoms with E-state index < -0.39 is 0 Å². The first-order chi connectivity index (χ1) is 14.6. The highest BCUT2D eigenvalue weighted by Gasteiger charge is 2.10. The smallest absolute Gasteiger partial charge is 0.167 e. The van der Waals surface area contributed by atoms with E-state index in [1.54, 1.807) is 42.9 Å². The zero-order valence-electron chi connectivity index (χ0n) is 16.7. The molecule has 0 bridgehead atoms. The standard InChI is InChI=1S/C25H22N4O/c1-17-4-5-18(14-24(30)19-6-8-22(26)9-7-19)13-21(17)15-25-28-12-10-23(29-25)20-3-2-11-27-16-20/h2-13,16H,14-15,26H2,1H3. The molecule has 148 valence electrons. The minimum atomic E-state index is 0.0691. The molecule has 0 amide bonds. The van der Waals surface area contributed by atoms with Gasteiger partial charge in [0.1, 0.15) is 5.82 Å². The van der Waals surface area contributed by atoms with Crippen LogP contribution in [0.5, 0.6) is 0 Å². The number of anilines is 1. The van der Waals surface area contributed by atoms with Gasteiger partial charge in [0.25, 0.3) is 0 Å². The number of nitrogen functional groups attached to an aromatic ring is 1. The number of carbonyl (C=O) groups is 1. The zero-order chi connectivity index (χ0) is 20.9. The van der Waals surface area contributed by atoms with Crippen molar-refractivity contribution in [2.45, 2.75) is 19.8 Å². The number of benzene rings is 2. The lowest BCUT2D eigenvalue weighted by atomic mass is 9.97. The summed E-state index contributed by atoms with van der Waals surface area (Å²) in [6, 6.07) is 18.9. The van der Waals surface area contributed by atoms with Crippen molar-refractivity contribution in [2.24, 2.45) is 0 Å². The first kappa shape index (κ1) is 19.5. The highest BCUT2D eigenvalue weighted by molar-refractivity contribution is 5.97. The maximum Gasteiger partial charge on any atom is 0.167 e. The summed E-state index contributed by atoms with van der Waals surface area (Å²) in [6.07, 6.45) is 6.25. The Morgan fingerprint density at radius 3 is 2.60 bits per heavy atom. The van der Waals surface area contributed by atoms with Crippen molar-refractivity contribution in [2.75, 3.05) is 5.73 Å². The minimum absolute atomic E-state index is 0.0691. The summed E-state index contributed by atoms with van der Waals surface area (Å²) in [5.41, 5.74) is 12.1. The van der Waals surface area contributed by atoms with Crippen molar-refractivity contribution in [3.63, 3.8) is 0 Å². The van der Waals surface area contributed by atoms with Crippen LogP contribution in [0.2, 0.25) is 0 Å². The molecule has 4 rings (SSSR count). The fourth-order valence-corrected chi connectivity index (χ4v) is 3.31. The van der Waals surface area contributed by atoms with Gasteiger partial charge in [0.05, 0.1) is 5.69 Å². The summed E-state index contributed by atoms with van der Waals surface area (Å²) in [7, 11) is 0. The topological polar surface area (TPSA) is 81.8 Å². The van der Waals surface area contributed by atoms with Gasteiger partial charge < -0.3 is 5.73 Å². The van der Waals surface area contributed by atoms with Crippen molar-refractivity contribution in [3.8, 4) is 11.3 Å². The fourth-order valence-electron chi connectivity index (χ4n) is 3.31. The Bertz CT molecular complexity index is 1170. The van der Waals surface area contributed by atoms with Gasteiger partial charge in [-0.2, -0.15) is 0 Å². The molecule has 5 heteroatoms. The maximum absolute atomic E-state index is 12.6. The van der Waals surface area contributed by atoms with Crippen LogP contribution < -0.4 is 5.73 Å². The number of rotatable bonds is 6. The number of Topliss-reactive ketones (excluding diaryl/α,β-unsaturated/α-hetero) is 1. The summed E-state index contributed by atoms with van der Waals surface area (Å²) in [4.78, 5) is 25.9. The largest absolute Gasteiger partial charge is 0.399 e. The molecule has 5 nitrogen and oxygen atoms in total. The average Bonchev–Trinajstić information content (AvgIpc) is 2.77. The molecule has 0 aliphatic carbocycles. The molecular weight excluding hydrogens is 372 g/mol. The van der Waals surface area contributed by atoms with Crippen LogP contribution in [0, 0.1) is 6.92 Å². The zero-order valence-corrected chi connectivity index (χ0v) is 16.7. The van der Waals surface area contributed by atoms with Crippen LogP contribution in [0.15, 0.2) is 79.3 Å². The van der Waals surface area contributed by atoms with Crippen molar-refractivity contribution in [1.82, 2.24) is 15.0 Å². The van der Waals surface area contributed by atoms with Crippen molar-refractivity contribution in [3.05, 3.63) is 107 Å². The minimum Gasteiger partial charge on any atom is -0.399 e. The van der Waals surface area contributed by atoms with Crippen molar-refractivity contribution < 1.29 is 4.79 Å². The summed E-state index contributed by atoms with van der Waals surface area (Å²) < 4.78 is 0. The summed E-state index contributed by atoms with van der Waals surface area (Å²) in [5.74, 6) is 0.807. The Morgan fingerprint density at radius 2 is 1.83 bits per heavy atom. The number of pyridine rings is 1. The molecule has 0 saturated heterocycles. The van der Waals surface area contributed by atoms with E-state index in [-0.39, 0.29) is 5.78 Å². The van der Waals surface area contributed by atoms with Crippen molar-refractivity contribution >= 4 is 11.5 Å². The Morgan fingerprint density at radius 1 is 1.00 bits per heavy atom. The van der Waals surface area contributed by atoms with Gasteiger partial charge in [-0.15, -0.1) is 0 Å². The number of aromatic nitrogens is 3. The van der Waals surface area contributed by atoms with Gasteiger partial charge in [-0.25, -0.2) is 9.97 Å². The molecule has 2 aromatic heterocycles. The number of carbonyl (C=O) groups excluding carboxylic acids is 1. The van der Waals surface area contributed by atoms with E-state index in [1.807, 2.05) is 30.3 Å². The third-order valence-electron chi connectivity index (χ3n) is 5.02. The maximum atomic E-state index is 12.6. The number of ketones is 1. The molecule has 2 aromatic carbocycles. The summed E-state index contributed by atoms with van der Waals surface area (Å²) >= 11 is 0. The molecule has 0 fully saturated rings. The first-order valence-electron chi connectivity index (χ1n) is 9.78. The Labute approximate surface area is 175 Å². The molecule has 0 atom stereocenters. The van der Waals surface area contributed by atoms with Crippen LogP contribution in [0.25, 0.3) is 11.3 Å². The van der Waals surface area contributed by atoms with Crippen LogP contribution in [0.1, 0.15) is 32.9 Å². The van der Waals surface area contributed by atoms with Gasteiger partial charge in [-0.05, 0) is 66.1 Å². The van der Waals surface area contributed by atoms with Crippen LogP contribution in [-0.2, 0) is 12.8 Å². The Kier molecular flexibility index (Phi) is 5.61. The lowest BCUT2D eigenvalue weighted by molar-refractivity contribution is 0.0993. The van der Waals surface area contributed by atoms with Crippen LogP contribution in [0.3, 0.4) is 0 Å². The highest BCUT2D eigenvalue weighted by atomic mass is 16.1. The van der Waals surface area contributed by atoms with Gasteiger partial charge in [0.2, 0.25) is 0 Å². The highest BCUT2D eigenvalue weighted by Crippen LogP contribution is 2.19. The SMILES string of the molecule is Cc1ccc(CC(=O)c2ccc(N)cc2)cc1Cc1nccc(-c2cccnc2)n1. The third kappa shape index (κ3) is 4.58. The van der Waals surface area contributed by atoms with Gasteiger partial charge >= 0.3 is 0 Å². The van der Waals surface area contributed by atoms with Gasteiger partial charge in [-0.3, -0.25) is 9.78 Å². The molecule has 0 radical (unpaired) electrons. The second-order valence-corrected chi connectivity index (χ2v) is 7.26. The van der Waals surface area contributed by atoms with E-state index in [2.05, 4.69) is 23.0 Å². The van der Waals surface area contributed by atoms with E-state index in [1.165, 1.54) is 0 Å². The number of nitrogens with two attached hydrogens (primary N) is 1. The van der Waals surface area contributed by atoms with Crippen LogP contribution >= 0.6 is 0 Å². The molecule has 0 saturated carbocycles. The molecule has 0 spiro atoms. The summed E-state index contributed by atoms with van der Waals surface area (Å²) in [6.45, 7) is 2.06. The molecule has 4 aromatic rings. The third-order valence-corrected chi connectivity index (χ3v) is 5.02. The number of aryl methyl sites for hydroxylation is 1. The van der Waals surface area contributed by atoms with E-state index >= 15 is 0 Å². The molecular formula is C25H22N4O. The lowest BCUT2D eigenvalue weighted by Gasteiger charge is -2.09. The monoisotopic (exact) mass is 394 g/mol. The van der Waals surface area contributed by atoms with E-state index in [4.69, 9.17) is 10.7 Å². The second-order valence-electron chi connectivity index (χ2n) is 7.26. The van der Waals surface area contributed by atoms with E-state index in [0.717, 1.165) is 33.8 Å². The lowest BCUT2D eigenvalue weighted by Crippen LogP contribution is -2.05. The summed E-state index contributed by atoms with van der Waals surface area (Å²) in [5, 5.41) is 0. The van der Waals surface area contributed by atoms with E-state index in [0.29, 0.717) is 24.1 Å². The molecule has 0 aliphatic heterocycles. The second kappa shape index (κ2) is 8.66. The van der Waals surface area contributed by atoms with Crippen LogP contribution in [-0.4, -0.2) is 20.7 Å². The Balaban J connectivity index is 1.54. The van der Waals surface area contributed by atoms with Gasteiger partial charge in [0, 0.05) is 48.2 Å². The van der Waals surface area contributed by atoms with Gasteiger partial charge in [0.15, 0.2) is 5.78 Å². The Hall–Kier alpha value is -3.86. The molecule has 0 unspecified atom stereocenters. The first-order valence-corrected chi connectivity index (χ1v) is 9.78. The predicted molar refractivity (Wildman–Crippen MR) is 118 cm³/mol.